The number of hydrogen-bond acceptors (Lipinski definition) is 2. The lowest BCUT2D eigenvalue weighted by molar-refractivity contribution is 0.102. The minimum atomic E-state index is -0.116. The first-order valence-electron chi connectivity index (χ1n) is 7.24. The highest BCUT2D eigenvalue weighted by Gasteiger charge is 2.06. The molecule has 0 aliphatic rings. The van der Waals surface area contributed by atoms with Crippen LogP contribution in [0.25, 0.3) is 0 Å². The van der Waals surface area contributed by atoms with E-state index in [4.69, 9.17) is 4.74 Å². The standard InChI is InChI=1S/C18H21NO2/c1-14(2)12-13-21-17-10-8-15(9-11-17)18(20)19-16-6-4-3-5-7-16/h3-11,14H,12-13H2,1-2H3,(H,19,20). The van der Waals surface area contributed by atoms with Gasteiger partial charge in [-0.25, -0.2) is 0 Å². The van der Waals surface area contributed by atoms with Gasteiger partial charge in [-0.15, -0.1) is 0 Å². The SMILES string of the molecule is CC(C)CCOc1ccc(C(=O)Nc2ccccc2)cc1. The lowest BCUT2D eigenvalue weighted by atomic mass is 10.1. The van der Waals surface area contributed by atoms with Crippen LogP contribution in [0.4, 0.5) is 5.69 Å². The zero-order chi connectivity index (χ0) is 15.1. The summed E-state index contributed by atoms with van der Waals surface area (Å²) in [5.41, 5.74) is 1.41. The minimum absolute atomic E-state index is 0.116. The van der Waals surface area contributed by atoms with E-state index in [0.29, 0.717) is 18.1 Å². The Kier molecular flexibility index (Phi) is 5.38. The number of anilines is 1. The molecule has 0 aliphatic carbocycles. The Morgan fingerprint density at radius 3 is 2.33 bits per heavy atom. The van der Waals surface area contributed by atoms with E-state index in [1.54, 1.807) is 12.1 Å². The van der Waals surface area contributed by atoms with E-state index in [-0.39, 0.29) is 5.91 Å². The number of hydrogen-bond donors (Lipinski definition) is 1. The molecule has 3 nitrogen and oxygen atoms in total. The summed E-state index contributed by atoms with van der Waals surface area (Å²) in [5.74, 6) is 1.31. The van der Waals surface area contributed by atoms with Gasteiger partial charge in [-0.2, -0.15) is 0 Å². The van der Waals surface area contributed by atoms with Crippen LogP contribution in [-0.4, -0.2) is 12.5 Å². The van der Waals surface area contributed by atoms with Gasteiger partial charge in [-0.1, -0.05) is 32.0 Å². The fourth-order valence-corrected chi connectivity index (χ4v) is 1.84. The quantitative estimate of drug-likeness (QED) is 0.855. The van der Waals surface area contributed by atoms with E-state index in [2.05, 4.69) is 19.2 Å². The molecule has 1 N–H and O–H groups in total. The predicted molar refractivity (Wildman–Crippen MR) is 85.8 cm³/mol. The zero-order valence-electron chi connectivity index (χ0n) is 12.5. The molecule has 2 rings (SSSR count). The van der Waals surface area contributed by atoms with E-state index < -0.39 is 0 Å². The van der Waals surface area contributed by atoms with Crippen molar-refractivity contribution in [2.75, 3.05) is 11.9 Å². The number of para-hydroxylation sites is 1. The molecule has 0 heterocycles. The summed E-state index contributed by atoms with van der Waals surface area (Å²) >= 11 is 0. The highest BCUT2D eigenvalue weighted by atomic mass is 16.5. The Balaban J connectivity index is 1.91. The fraction of sp³-hybridized carbons (Fsp3) is 0.278. The van der Waals surface area contributed by atoms with Crippen molar-refractivity contribution in [1.82, 2.24) is 0 Å². The monoisotopic (exact) mass is 283 g/mol. The van der Waals surface area contributed by atoms with E-state index in [1.165, 1.54) is 0 Å². The molecule has 0 saturated carbocycles. The van der Waals surface area contributed by atoms with Crippen molar-refractivity contribution in [3.63, 3.8) is 0 Å². The van der Waals surface area contributed by atoms with Gasteiger partial charge in [0.1, 0.15) is 5.75 Å². The van der Waals surface area contributed by atoms with Crippen molar-refractivity contribution in [2.24, 2.45) is 5.92 Å². The largest absolute Gasteiger partial charge is 0.494 e. The Labute approximate surface area is 126 Å². The molecule has 0 atom stereocenters. The van der Waals surface area contributed by atoms with Gasteiger partial charge in [-0.3, -0.25) is 4.79 Å². The van der Waals surface area contributed by atoms with Gasteiger partial charge in [0.2, 0.25) is 0 Å². The van der Waals surface area contributed by atoms with Gasteiger partial charge in [0.25, 0.3) is 5.91 Å². The number of carbonyl (C=O) groups is 1. The maximum Gasteiger partial charge on any atom is 0.255 e. The summed E-state index contributed by atoms with van der Waals surface area (Å²) in [7, 11) is 0. The second-order valence-corrected chi connectivity index (χ2v) is 5.38. The molecule has 0 radical (unpaired) electrons. The molecule has 0 aromatic heterocycles. The number of ether oxygens (including phenoxy) is 1. The minimum Gasteiger partial charge on any atom is -0.494 e. The molecule has 2 aromatic carbocycles. The van der Waals surface area contributed by atoms with Gasteiger partial charge in [0, 0.05) is 11.3 Å². The molecule has 2 aromatic rings. The molecule has 0 aliphatic heterocycles. The third kappa shape index (κ3) is 4.95. The summed E-state index contributed by atoms with van der Waals surface area (Å²) in [6.45, 7) is 5.04. The smallest absolute Gasteiger partial charge is 0.255 e. The zero-order valence-corrected chi connectivity index (χ0v) is 12.5. The van der Waals surface area contributed by atoms with Gasteiger partial charge in [0.05, 0.1) is 6.61 Å². The number of nitrogens with one attached hydrogen (secondary N) is 1. The maximum absolute atomic E-state index is 12.1. The second-order valence-electron chi connectivity index (χ2n) is 5.38. The van der Waals surface area contributed by atoms with Crippen molar-refractivity contribution in [2.45, 2.75) is 20.3 Å². The maximum atomic E-state index is 12.1. The normalized spacial score (nSPS) is 10.4. The fourth-order valence-electron chi connectivity index (χ4n) is 1.84. The van der Waals surface area contributed by atoms with Crippen molar-refractivity contribution in [3.8, 4) is 5.75 Å². The predicted octanol–water partition coefficient (Wildman–Crippen LogP) is 4.36. The van der Waals surface area contributed by atoms with Crippen LogP contribution in [0, 0.1) is 5.92 Å². The van der Waals surface area contributed by atoms with E-state index in [9.17, 15) is 4.79 Å². The summed E-state index contributed by atoms with van der Waals surface area (Å²) in [5, 5.41) is 2.86. The number of benzene rings is 2. The van der Waals surface area contributed by atoms with Gasteiger partial charge >= 0.3 is 0 Å². The molecule has 1 amide bonds. The Hall–Kier alpha value is -2.29. The van der Waals surface area contributed by atoms with Crippen LogP contribution in [0.1, 0.15) is 30.6 Å². The Morgan fingerprint density at radius 1 is 1.05 bits per heavy atom. The third-order valence-electron chi connectivity index (χ3n) is 3.11. The van der Waals surface area contributed by atoms with Crippen LogP contribution in [0.15, 0.2) is 54.6 Å². The second kappa shape index (κ2) is 7.48. The van der Waals surface area contributed by atoms with Crippen molar-refractivity contribution >= 4 is 11.6 Å². The first kappa shape index (κ1) is 15.1. The van der Waals surface area contributed by atoms with Gasteiger partial charge < -0.3 is 10.1 Å². The molecule has 0 saturated heterocycles. The topological polar surface area (TPSA) is 38.3 Å². The van der Waals surface area contributed by atoms with Crippen molar-refractivity contribution in [3.05, 3.63) is 60.2 Å². The van der Waals surface area contributed by atoms with Crippen LogP contribution < -0.4 is 10.1 Å². The average molecular weight is 283 g/mol. The molecular weight excluding hydrogens is 262 g/mol. The van der Waals surface area contributed by atoms with Gasteiger partial charge in [-0.05, 0) is 48.7 Å². The number of rotatable bonds is 6. The Morgan fingerprint density at radius 2 is 1.71 bits per heavy atom. The summed E-state index contributed by atoms with van der Waals surface area (Å²) in [4.78, 5) is 12.1. The summed E-state index contributed by atoms with van der Waals surface area (Å²) < 4.78 is 5.64. The summed E-state index contributed by atoms with van der Waals surface area (Å²) in [6, 6.07) is 16.6. The molecule has 0 fully saturated rings. The lowest BCUT2D eigenvalue weighted by Gasteiger charge is -2.09. The average Bonchev–Trinajstić information content (AvgIpc) is 2.48. The van der Waals surface area contributed by atoms with Crippen LogP contribution in [-0.2, 0) is 0 Å². The molecular formula is C18H21NO2. The van der Waals surface area contributed by atoms with Crippen LogP contribution in [0.3, 0.4) is 0 Å². The molecule has 0 bridgehead atoms. The van der Waals surface area contributed by atoms with Crippen LogP contribution in [0.2, 0.25) is 0 Å². The van der Waals surface area contributed by atoms with Crippen LogP contribution >= 0.6 is 0 Å². The first-order valence-corrected chi connectivity index (χ1v) is 7.24. The molecule has 21 heavy (non-hydrogen) atoms. The Bertz CT molecular complexity index is 562. The molecule has 0 spiro atoms. The van der Waals surface area contributed by atoms with E-state index >= 15 is 0 Å². The molecule has 0 unspecified atom stereocenters. The molecule has 110 valence electrons. The molecule has 3 heteroatoms. The van der Waals surface area contributed by atoms with E-state index in [0.717, 1.165) is 17.9 Å². The highest BCUT2D eigenvalue weighted by Crippen LogP contribution is 2.15. The lowest BCUT2D eigenvalue weighted by Crippen LogP contribution is -2.11. The highest BCUT2D eigenvalue weighted by molar-refractivity contribution is 6.04. The van der Waals surface area contributed by atoms with E-state index in [1.807, 2.05) is 42.5 Å². The van der Waals surface area contributed by atoms with Crippen molar-refractivity contribution < 1.29 is 9.53 Å². The van der Waals surface area contributed by atoms with Crippen molar-refractivity contribution in [1.29, 1.82) is 0 Å². The third-order valence-corrected chi connectivity index (χ3v) is 3.11. The number of amides is 1. The van der Waals surface area contributed by atoms with Crippen LogP contribution in [0.5, 0.6) is 5.75 Å². The number of carbonyl (C=O) groups excluding carboxylic acids is 1. The first-order chi connectivity index (χ1) is 10.1. The van der Waals surface area contributed by atoms with Gasteiger partial charge in [0.15, 0.2) is 0 Å². The summed E-state index contributed by atoms with van der Waals surface area (Å²) in [6.07, 6.45) is 1.02.